The highest BCUT2D eigenvalue weighted by Gasteiger charge is 2.25. The van der Waals surface area contributed by atoms with Crippen LogP contribution in [0, 0.1) is 13.8 Å². The van der Waals surface area contributed by atoms with E-state index in [1.807, 2.05) is 6.07 Å². The van der Waals surface area contributed by atoms with Crippen LogP contribution in [-0.4, -0.2) is 50.5 Å². The smallest absolute Gasteiger partial charge is 0.137 e. The zero-order valence-corrected chi connectivity index (χ0v) is 16.0. The van der Waals surface area contributed by atoms with E-state index in [2.05, 4.69) is 56.3 Å². The van der Waals surface area contributed by atoms with E-state index in [1.54, 1.807) is 4.90 Å². The van der Waals surface area contributed by atoms with Gasteiger partial charge in [-0.1, -0.05) is 48.0 Å². The first-order valence-electron chi connectivity index (χ1n) is 9.69. The van der Waals surface area contributed by atoms with Gasteiger partial charge in [-0.25, -0.2) is 0 Å². The van der Waals surface area contributed by atoms with E-state index in [9.17, 15) is 5.11 Å². The minimum absolute atomic E-state index is 0.369. The van der Waals surface area contributed by atoms with Crippen molar-refractivity contribution in [2.45, 2.75) is 26.5 Å². The molecular formula is C22H32N2O2+2. The fourth-order valence-corrected chi connectivity index (χ4v) is 3.76. The van der Waals surface area contributed by atoms with Crippen LogP contribution in [0.25, 0.3) is 0 Å². The number of aryl methyl sites for hydroxylation is 2. The maximum atomic E-state index is 10.4. The van der Waals surface area contributed by atoms with Gasteiger partial charge in [0.05, 0.1) is 0 Å². The molecule has 1 atom stereocenters. The molecule has 3 rings (SSSR count). The average Bonchev–Trinajstić information content (AvgIpc) is 2.63. The van der Waals surface area contributed by atoms with Crippen LogP contribution in [0.4, 0.5) is 0 Å². The van der Waals surface area contributed by atoms with Crippen molar-refractivity contribution in [3.8, 4) is 5.75 Å². The molecule has 1 fully saturated rings. The maximum Gasteiger partial charge on any atom is 0.137 e. The molecule has 4 heteroatoms. The molecule has 0 spiro atoms. The molecule has 140 valence electrons. The van der Waals surface area contributed by atoms with Gasteiger partial charge in [-0.15, -0.1) is 0 Å². The number of aliphatic hydroxyl groups is 1. The Balaban J connectivity index is 1.38. The van der Waals surface area contributed by atoms with Crippen molar-refractivity contribution >= 4 is 0 Å². The first kappa shape index (κ1) is 18.9. The Kier molecular flexibility index (Phi) is 6.67. The molecule has 0 radical (unpaired) electrons. The molecule has 0 amide bonds. The second-order valence-electron chi connectivity index (χ2n) is 7.60. The van der Waals surface area contributed by atoms with Crippen molar-refractivity contribution in [1.29, 1.82) is 0 Å². The summed E-state index contributed by atoms with van der Waals surface area (Å²) in [5, 5.41) is 10.4. The number of quaternary nitrogens is 2. The number of benzene rings is 2. The van der Waals surface area contributed by atoms with Gasteiger partial charge in [-0.3, -0.25) is 0 Å². The van der Waals surface area contributed by atoms with E-state index < -0.39 is 6.10 Å². The Labute approximate surface area is 157 Å². The molecule has 4 nitrogen and oxygen atoms in total. The van der Waals surface area contributed by atoms with Crippen molar-refractivity contribution in [3.05, 3.63) is 65.2 Å². The average molecular weight is 357 g/mol. The molecule has 1 unspecified atom stereocenters. The van der Waals surface area contributed by atoms with E-state index in [0.29, 0.717) is 6.61 Å². The standard InChI is InChI=1S/C22H30N2O2/c1-18-8-9-22(19(2)14-18)26-17-21(25)16-24-12-10-23(11-13-24)15-20-6-4-3-5-7-20/h3-9,14,21,25H,10-13,15-17H2,1-2H3/p+2. The number of hydrogen-bond donors (Lipinski definition) is 3. The largest absolute Gasteiger partial charge is 0.490 e. The lowest BCUT2D eigenvalue weighted by Gasteiger charge is -2.30. The third kappa shape index (κ3) is 5.56. The van der Waals surface area contributed by atoms with Gasteiger partial charge in [-0.2, -0.15) is 0 Å². The van der Waals surface area contributed by atoms with E-state index in [0.717, 1.165) is 50.6 Å². The number of nitrogens with one attached hydrogen (secondary N) is 2. The number of piperazine rings is 1. The van der Waals surface area contributed by atoms with Crippen molar-refractivity contribution in [2.24, 2.45) is 0 Å². The molecular weight excluding hydrogens is 324 g/mol. The predicted octanol–water partition coefficient (Wildman–Crippen LogP) is 0.0267. The van der Waals surface area contributed by atoms with Gasteiger partial charge in [0.15, 0.2) is 0 Å². The zero-order valence-electron chi connectivity index (χ0n) is 16.0. The minimum Gasteiger partial charge on any atom is -0.490 e. The lowest BCUT2D eigenvalue weighted by atomic mass is 10.1. The minimum atomic E-state index is -0.415. The van der Waals surface area contributed by atoms with Crippen LogP contribution in [0.3, 0.4) is 0 Å². The normalized spacial score (nSPS) is 21.3. The zero-order chi connectivity index (χ0) is 18.4. The summed E-state index contributed by atoms with van der Waals surface area (Å²) in [6, 6.07) is 16.9. The van der Waals surface area contributed by atoms with E-state index in [1.165, 1.54) is 16.0 Å². The Morgan fingerprint density at radius 3 is 2.35 bits per heavy atom. The number of hydrogen-bond acceptors (Lipinski definition) is 2. The lowest BCUT2D eigenvalue weighted by Crippen LogP contribution is -3.28. The Bertz CT molecular complexity index is 682. The van der Waals surface area contributed by atoms with Crippen LogP contribution in [0.5, 0.6) is 5.75 Å². The summed E-state index contributed by atoms with van der Waals surface area (Å²) in [4.78, 5) is 3.12. The van der Waals surface area contributed by atoms with Crippen LogP contribution >= 0.6 is 0 Å². The summed E-state index contributed by atoms with van der Waals surface area (Å²) in [5.41, 5.74) is 3.77. The molecule has 0 bridgehead atoms. The van der Waals surface area contributed by atoms with Gasteiger partial charge < -0.3 is 19.6 Å². The second-order valence-corrected chi connectivity index (χ2v) is 7.60. The molecule has 2 aromatic rings. The van der Waals surface area contributed by atoms with Gasteiger partial charge in [0.25, 0.3) is 0 Å². The Morgan fingerprint density at radius 1 is 0.962 bits per heavy atom. The molecule has 0 aromatic heterocycles. The van der Waals surface area contributed by atoms with Gasteiger partial charge >= 0.3 is 0 Å². The van der Waals surface area contributed by atoms with E-state index in [4.69, 9.17) is 4.74 Å². The third-order valence-corrected chi connectivity index (χ3v) is 5.25. The van der Waals surface area contributed by atoms with Crippen molar-refractivity contribution < 1.29 is 19.6 Å². The molecule has 1 aliphatic rings. The van der Waals surface area contributed by atoms with Crippen molar-refractivity contribution in [2.75, 3.05) is 39.3 Å². The van der Waals surface area contributed by atoms with Gasteiger partial charge in [-0.05, 0) is 25.5 Å². The van der Waals surface area contributed by atoms with Crippen molar-refractivity contribution in [1.82, 2.24) is 0 Å². The molecule has 0 aliphatic carbocycles. The summed E-state index contributed by atoms with van der Waals surface area (Å²) < 4.78 is 5.83. The predicted molar refractivity (Wildman–Crippen MR) is 104 cm³/mol. The molecule has 1 heterocycles. The van der Waals surface area contributed by atoms with Gasteiger partial charge in [0.1, 0.15) is 57.7 Å². The summed E-state index contributed by atoms with van der Waals surface area (Å²) in [6.07, 6.45) is -0.415. The highest BCUT2D eigenvalue weighted by Crippen LogP contribution is 2.18. The number of aliphatic hydroxyl groups excluding tert-OH is 1. The molecule has 0 saturated carbocycles. The Hall–Kier alpha value is -1.88. The van der Waals surface area contributed by atoms with Crippen LogP contribution in [0.1, 0.15) is 16.7 Å². The summed E-state index contributed by atoms with van der Waals surface area (Å²) >= 11 is 0. The van der Waals surface area contributed by atoms with E-state index in [-0.39, 0.29) is 0 Å². The van der Waals surface area contributed by atoms with E-state index >= 15 is 0 Å². The highest BCUT2D eigenvalue weighted by molar-refractivity contribution is 5.35. The second kappa shape index (κ2) is 9.17. The van der Waals surface area contributed by atoms with Gasteiger partial charge in [0, 0.05) is 5.56 Å². The Morgan fingerprint density at radius 2 is 1.65 bits per heavy atom. The molecule has 2 aromatic carbocycles. The molecule has 3 N–H and O–H groups in total. The van der Waals surface area contributed by atoms with Gasteiger partial charge in [0.2, 0.25) is 0 Å². The molecule has 1 aliphatic heterocycles. The van der Waals surface area contributed by atoms with Crippen LogP contribution in [-0.2, 0) is 6.54 Å². The quantitative estimate of drug-likeness (QED) is 0.655. The summed E-state index contributed by atoms with van der Waals surface area (Å²) in [6.45, 7) is 10.9. The van der Waals surface area contributed by atoms with Crippen LogP contribution < -0.4 is 14.5 Å². The SMILES string of the molecule is Cc1ccc(OCC(O)C[NH+]2CC[NH+](Cc3ccccc3)CC2)c(C)c1. The van der Waals surface area contributed by atoms with Crippen LogP contribution in [0.15, 0.2) is 48.5 Å². The van der Waals surface area contributed by atoms with Crippen LogP contribution in [0.2, 0.25) is 0 Å². The molecule has 26 heavy (non-hydrogen) atoms. The topological polar surface area (TPSA) is 38.3 Å². The fourth-order valence-electron chi connectivity index (χ4n) is 3.76. The number of rotatable bonds is 7. The first-order chi connectivity index (χ1) is 12.6. The highest BCUT2D eigenvalue weighted by atomic mass is 16.5. The number of ether oxygens (including phenoxy) is 1. The molecule has 1 saturated heterocycles. The third-order valence-electron chi connectivity index (χ3n) is 5.25. The first-order valence-corrected chi connectivity index (χ1v) is 9.69. The lowest BCUT2D eigenvalue weighted by molar-refractivity contribution is -1.02. The fraction of sp³-hybridized carbons (Fsp3) is 0.455. The monoisotopic (exact) mass is 356 g/mol. The summed E-state index contributed by atoms with van der Waals surface area (Å²) in [7, 11) is 0. The summed E-state index contributed by atoms with van der Waals surface area (Å²) in [5.74, 6) is 0.877. The van der Waals surface area contributed by atoms with Crippen molar-refractivity contribution in [3.63, 3.8) is 0 Å². The maximum absolute atomic E-state index is 10.4.